The molecule has 0 saturated carbocycles. The van der Waals surface area contributed by atoms with Crippen molar-refractivity contribution in [3.05, 3.63) is 0 Å². The van der Waals surface area contributed by atoms with Gasteiger partial charge in [-0.15, -0.1) is 0 Å². The highest BCUT2D eigenvalue weighted by Gasteiger charge is 2.59. The van der Waals surface area contributed by atoms with E-state index < -0.39 is 54.4 Å². The Morgan fingerprint density at radius 1 is 1.04 bits per heavy atom. The quantitative estimate of drug-likeness (QED) is 0.492. The van der Waals surface area contributed by atoms with Gasteiger partial charge in [-0.2, -0.15) is 5.26 Å². The summed E-state index contributed by atoms with van der Waals surface area (Å²) < 4.78 is 31.9. The molecule has 2 saturated heterocycles. The van der Waals surface area contributed by atoms with Crippen LogP contribution < -0.4 is 0 Å². The van der Waals surface area contributed by atoms with E-state index in [4.69, 9.17) is 28.4 Å². The molecular weight excluding hydrogens is 338 g/mol. The molecule has 25 heavy (non-hydrogen) atoms. The first-order valence-corrected chi connectivity index (χ1v) is 7.55. The third kappa shape index (κ3) is 4.45. The van der Waals surface area contributed by atoms with Crippen molar-refractivity contribution in [2.75, 3.05) is 6.61 Å². The van der Waals surface area contributed by atoms with Crippen LogP contribution >= 0.6 is 0 Å². The molecule has 0 amide bonds. The number of esters is 3. The van der Waals surface area contributed by atoms with E-state index in [1.807, 2.05) is 6.07 Å². The zero-order valence-corrected chi connectivity index (χ0v) is 14.2. The van der Waals surface area contributed by atoms with Crippen molar-refractivity contribution in [3.8, 4) is 6.07 Å². The first kappa shape index (κ1) is 19.1. The van der Waals surface area contributed by atoms with Gasteiger partial charge >= 0.3 is 17.9 Å². The number of ether oxygens (including phenoxy) is 6. The average molecular weight is 357 g/mol. The lowest BCUT2D eigenvalue weighted by Gasteiger charge is -2.40. The highest BCUT2D eigenvalue weighted by atomic mass is 16.8. The molecule has 0 aromatic rings. The molecule has 0 N–H and O–H groups in total. The molecule has 2 aliphatic rings. The van der Waals surface area contributed by atoms with Crippen molar-refractivity contribution in [3.63, 3.8) is 0 Å². The molecule has 0 aromatic heterocycles. The fourth-order valence-corrected chi connectivity index (χ4v) is 2.65. The Kier molecular flexibility index (Phi) is 5.62. The third-order valence-electron chi connectivity index (χ3n) is 3.55. The topological polar surface area (TPSA) is 130 Å². The molecule has 2 aliphatic heterocycles. The minimum Gasteiger partial charge on any atom is -0.463 e. The van der Waals surface area contributed by atoms with Crippen LogP contribution in [0.15, 0.2) is 0 Å². The maximum atomic E-state index is 11.5. The molecule has 1 unspecified atom stereocenters. The van der Waals surface area contributed by atoms with Gasteiger partial charge in [-0.25, -0.2) is 0 Å². The summed E-state index contributed by atoms with van der Waals surface area (Å²) in [5.74, 6) is -3.49. The van der Waals surface area contributed by atoms with Crippen molar-refractivity contribution < 1.29 is 42.8 Å². The molecule has 0 aliphatic carbocycles. The van der Waals surface area contributed by atoms with Gasteiger partial charge in [0.1, 0.15) is 18.8 Å². The predicted octanol–water partition coefficient (Wildman–Crippen LogP) is -0.207. The summed E-state index contributed by atoms with van der Waals surface area (Å²) in [5.41, 5.74) is 0. The number of hydrogen-bond donors (Lipinski definition) is 0. The molecule has 0 radical (unpaired) electrons. The SMILES string of the molecule is CC(=O)OC[C@H]1O[C@@H]2OC(C)(C#N)O[C@@H]2[C@@H](OC(C)=O)[C@H]1OC(C)=O. The van der Waals surface area contributed by atoms with Crippen LogP contribution in [-0.4, -0.2) is 61.0 Å². The van der Waals surface area contributed by atoms with Gasteiger partial charge in [-0.3, -0.25) is 14.4 Å². The van der Waals surface area contributed by atoms with E-state index >= 15 is 0 Å². The van der Waals surface area contributed by atoms with Crippen molar-refractivity contribution in [2.24, 2.45) is 0 Å². The van der Waals surface area contributed by atoms with Gasteiger partial charge in [-0.05, 0) is 0 Å². The monoisotopic (exact) mass is 357 g/mol. The first-order valence-electron chi connectivity index (χ1n) is 7.55. The number of nitriles is 1. The van der Waals surface area contributed by atoms with E-state index in [1.54, 1.807) is 0 Å². The third-order valence-corrected chi connectivity index (χ3v) is 3.55. The smallest absolute Gasteiger partial charge is 0.303 e. The van der Waals surface area contributed by atoms with Crippen molar-refractivity contribution in [2.45, 2.75) is 64.2 Å². The summed E-state index contributed by atoms with van der Waals surface area (Å²) in [6.45, 7) is 4.67. The van der Waals surface area contributed by atoms with E-state index in [9.17, 15) is 19.6 Å². The molecule has 10 nitrogen and oxygen atoms in total. The van der Waals surface area contributed by atoms with E-state index in [2.05, 4.69) is 0 Å². The summed E-state index contributed by atoms with van der Waals surface area (Å²) in [6, 6.07) is 1.83. The van der Waals surface area contributed by atoms with Crippen LogP contribution in [0.25, 0.3) is 0 Å². The van der Waals surface area contributed by atoms with Gasteiger partial charge in [-0.1, -0.05) is 0 Å². The highest BCUT2D eigenvalue weighted by molar-refractivity contribution is 5.67. The number of rotatable bonds is 4. The lowest BCUT2D eigenvalue weighted by Crippen LogP contribution is -2.60. The average Bonchev–Trinajstić information content (AvgIpc) is 2.84. The summed E-state index contributed by atoms with van der Waals surface area (Å²) in [6.07, 6.45) is -5.24. The summed E-state index contributed by atoms with van der Waals surface area (Å²) in [4.78, 5) is 34.0. The van der Waals surface area contributed by atoms with Crippen molar-refractivity contribution in [1.29, 1.82) is 5.26 Å². The van der Waals surface area contributed by atoms with E-state index in [0.717, 1.165) is 0 Å². The van der Waals surface area contributed by atoms with Crippen LogP contribution in [0.3, 0.4) is 0 Å². The maximum absolute atomic E-state index is 11.5. The maximum Gasteiger partial charge on any atom is 0.303 e. The fraction of sp³-hybridized carbons (Fsp3) is 0.733. The Bertz CT molecular complexity index is 600. The molecular formula is C15H19NO9. The molecule has 0 spiro atoms. The standard InChI is InChI=1S/C15H19NO9/c1-7(17)20-5-10-11(21-8(2)18)12(22-9(3)19)13-14(23-10)25-15(4,6-16)24-13/h10-14H,5H2,1-4H3/t10-,11+,12+,13-,14-,15?/m1/s1. The normalized spacial score (nSPS) is 36.7. The Morgan fingerprint density at radius 2 is 1.64 bits per heavy atom. The second-order valence-corrected chi connectivity index (χ2v) is 5.75. The van der Waals surface area contributed by atoms with Gasteiger partial charge in [0, 0.05) is 27.7 Å². The van der Waals surface area contributed by atoms with Gasteiger partial charge in [0.05, 0.1) is 0 Å². The highest BCUT2D eigenvalue weighted by Crippen LogP contribution is 2.38. The molecule has 2 rings (SSSR count). The van der Waals surface area contributed by atoms with E-state index in [-0.39, 0.29) is 6.61 Å². The molecule has 2 heterocycles. The van der Waals surface area contributed by atoms with Crippen LogP contribution in [0.2, 0.25) is 0 Å². The largest absolute Gasteiger partial charge is 0.463 e. The van der Waals surface area contributed by atoms with E-state index in [1.165, 1.54) is 27.7 Å². The minimum atomic E-state index is -1.62. The number of carbonyl (C=O) groups excluding carboxylic acids is 3. The zero-order chi connectivity index (χ0) is 18.8. The number of hydrogen-bond acceptors (Lipinski definition) is 10. The van der Waals surface area contributed by atoms with Crippen molar-refractivity contribution >= 4 is 17.9 Å². The Labute approximate surface area is 143 Å². The predicted molar refractivity (Wildman–Crippen MR) is 76.4 cm³/mol. The molecule has 138 valence electrons. The number of carbonyl (C=O) groups is 3. The van der Waals surface area contributed by atoms with Gasteiger partial charge in [0.15, 0.2) is 24.6 Å². The van der Waals surface area contributed by atoms with Crippen LogP contribution in [-0.2, 0) is 42.8 Å². The van der Waals surface area contributed by atoms with Crippen LogP contribution in [0.1, 0.15) is 27.7 Å². The number of nitrogens with zero attached hydrogens (tertiary/aromatic N) is 1. The lowest BCUT2D eigenvalue weighted by atomic mass is 9.98. The molecule has 0 bridgehead atoms. The Morgan fingerprint density at radius 3 is 2.16 bits per heavy atom. The molecule has 6 atom stereocenters. The molecule has 0 aromatic carbocycles. The van der Waals surface area contributed by atoms with Gasteiger partial charge in [0.2, 0.25) is 0 Å². The Hall–Kier alpha value is -2.22. The lowest BCUT2D eigenvalue weighted by molar-refractivity contribution is -0.265. The number of fused-ring (bicyclic) bond motifs is 1. The second kappa shape index (κ2) is 7.35. The van der Waals surface area contributed by atoms with Crippen molar-refractivity contribution in [1.82, 2.24) is 0 Å². The second-order valence-electron chi connectivity index (χ2n) is 5.75. The van der Waals surface area contributed by atoms with Gasteiger partial charge in [0.25, 0.3) is 5.79 Å². The molecule has 10 heteroatoms. The van der Waals surface area contributed by atoms with Crippen LogP contribution in [0.4, 0.5) is 0 Å². The zero-order valence-electron chi connectivity index (χ0n) is 14.2. The van der Waals surface area contributed by atoms with Gasteiger partial charge < -0.3 is 28.4 Å². The fourth-order valence-electron chi connectivity index (χ4n) is 2.65. The molecule has 2 fully saturated rings. The summed E-state index contributed by atoms with van der Waals surface area (Å²) in [7, 11) is 0. The van der Waals surface area contributed by atoms with Crippen LogP contribution in [0.5, 0.6) is 0 Å². The first-order chi connectivity index (χ1) is 11.6. The summed E-state index contributed by atoms with van der Waals surface area (Å²) >= 11 is 0. The van der Waals surface area contributed by atoms with Crippen LogP contribution in [0, 0.1) is 11.3 Å². The summed E-state index contributed by atoms with van der Waals surface area (Å²) in [5, 5.41) is 9.18. The Balaban J connectivity index is 2.31. The minimum absolute atomic E-state index is 0.263. The van der Waals surface area contributed by atoms with E-state index in [0.29, 0.717) is 0 Å².